The predicted octanol–water partition coefficient (Wildman–Crippen LogP) is 3.45. The number of carbonyl (C=O) groups excluding carboxylic acids is 1. The second-order valence-corrected chi connectivity index (χ2v) is 6.98. The third-order valence-corrected chi connectivity index (χ3v) is 5.41. The van der Waals surface area contributed by atoms with Gasteiger partial charge in [-0.3, -0.25) is 4.79 Å². The smallest absolute Gasteiger partial charge is 0.223 e. The van der Waals surface area contributed by atoms with Gasteiger partial charge in [0.05, 0.1) is 10.5 Å². The molecule has 3 N–H and O–H groups in total. The van der Waals surface area contributed by atoms with Crippen LogP contribution in [0.1, 0.15) is 77.0 Å². The minimum atomic E-state index is -0.412. The zero-order valence-electron chi connectivity index (χ0n) is 12.5. The molecule has 0 aromatic heterocycles. The fraction of sp³-hybridized carbons (Fsp3) is 0.875. The summed E-state index contributed by atoms with van der Waals surface area (Å²) in [6.07, 6.45) is 13.5. The molecule has 0 atom stereocenters. The standard InChI is InChI=1S/C16H28N2OS/c17-15(20)16(11-7-2-1-3-8-12-16)18-14(19)13-9-5-4-6-10-13/h13H,1-12H2,(H2,17,20)(H,18,19). The lowest BCUT2D eigenvalue weighted by Crippen LogP contribution is -2.58. The van der Waals surface area contributed by atoms with Gasteiger partial charge in [-0.25, -0.2) is 0 Å². The molecular formula is C16H28N2OS. The molecule has 1 amide bonds. The molecule has 0 saturated heterocycles. The Bertz CT molecular complexity index is 342. The largest absolute Gasteiger partial charge is 0.391 e. The van der Waals surface area contributed by atoms with E-state index in [1.807, 2.05) is 0 Å². The van der Waals surface area contributed by atoms with Gasteiger partial charge in [0.1, 0.15) is 0 Å². The monoisotopic (exact) mass is 296 g/mol. The Kier molecular flexibility index (Phi) is 5.82. The first-order valence-electron chi connectivity index (χ1n) is 8.26. The molecule has 4 heteroatoms. The van der Waals surface area contributed by atoms with Crippen LogP contribution < -0.4 is 11.1 Å². The molecule has 2 rings (SSSR count). The molecular weight excluding hydrogens is 268 g/mol. The van der Waals surface area contributed by atoms with Crippen LogP contribution in [0, 0.1) is 5.92 Å². The summed E-state index contributed by atoms with van der Waals surface area (Å²) < 4.78 is 0. The summed E-state index contributed by atoms with van der Waals surface area (Å²) in [5.41, 5.74) is 5.60. The maximum atomic E-state index is 12.5. The van der Waals surface area contributed by atoms with Crippen molar-refractivity contribution in [2.24, 2.45) is 11.7 Å². The first kappa shape index (κ1) is 15.7. The molecule has 2 saturated carbocycles. The van der Waals surface area contributed by atoms with E-state index in [-0.39, 0.29) is 11.8 Å². The maximum Gasteiger partial charge on any atom is 0.223 e. The molecule has 2 aliphatic carbocycles. The van der Waals surface area contributed by atoms with Crippen LogP contribution >= 0.6 is 12.2 Å². The molecule has 2 aliphatic rings. The van der Waals surface area contributed by atoms with Crippen molar-refractivity contribution in [2.45, 2.75) is 82.6 Å². The fourth-order valence-electron chi connectivity index (χ4n) is 3.64. The van der Waals surface area contributed by atoms with Gasteiger partial charge in [-0.05, 0) is 25.7 Å². The molecule has 0 aromatic rings. The van der Waals surface area contributed by atoms with E-state index in [4.69, 9.17) is 18.0 Å². The quantitative estimate of drug-likeness (QED) is 0.784. The van der Waals surface area contributed by atoms with Crippen LogP contribution in [-0.4, -0.2) is 16.4 Å². The Morgan fingerprint density at radius 1 is 0.950 bits per heavy atom. The van der Waals surface area contributed by atoms with Gasteiger partial charge in [0, 0.05) is 5.92 Å². The van der Waals surface area contributed by atoms with Crippen LogP contribution in [0.25, 0.3) is 0 Å². The van der Waals surface area contributed by atoms with E-state index >= 15 is 0 Å². The number of carbonyl (C=O) groups is 1. The summed E-state index contributed by atoms with van der Waals surface area (Å²) in [6, 6.07) is 0. The van der Waals surface area contributed by atoms with E-state index in [9.17, 15) is 4.79 Å². The van der Waals surface area contributed by atoms with Gasteiger partial charge in [0.25, 0.3) is 0 Å². The Labute approximate surface area is 128 Å². The molecule has 3 nitrogen and oxygen atoms in total. The highest BCUT2D eigenvalue weighted by Crippen LogP contribution is 2.29. The van der Waals surface area contributed by atoms with Crippen molar-refractivity contribution in [3.8, 4) is 0 Å². The molecule has 2 fully saturated rings. The number of amides is 1. The molecule has 0 spiro atoms. The van der Waals surface area contributed by atoms with Gasteiger partial charge in [-0.2, -0.15) is 0 Å². The summed E-state index contributed by atoms with van der Waals surface area (Å²) in [5, 5.41) is 3.26. The number of thiocarbonyl (C=S) groups is 1. The summed E-state index contributed by atoms with van der Waals surface area (Å²) >= 11 is 5.31. The van der Waals surface area contributed by atoms with Gasteiger partial charge in [0.2, 0.25) is 5.91 Å². The van der Waals surface area contributed by atoms with Crippen LogP contribution in [0.15, 0.2) is 0 Å². The summed E-state index contributed by atoms with van der Waals surface area (Å²) in [6.45, 7) is 0. The van der Waals surface area contributed by atoms with Gasteiger partial charge in [-0.15, -0.1) is 0 Å². The van der Waals surface area contributed by atoms with E-state index in [0.29, 0.717) is 4.99 Å². The molecule has 0 bridgehead atoms. The van der Waals surface area contributed by atoms with Crippen molar-refractivity contribution in [1.29, 1.82) is 0 Å². The normalized spacial score (nSPS) is 24.4. The molecule has 0 heterocycles. The predicted molar refractivity (Wildman–Crippen MR) is 86.6 cm³/mol. The highest BCUT2D eigenvalue weighted by atomic mass is 32.1. The zero-order valence-corrected chi connectivity index (χ0v) is 13.3. The molecule has 0 aromatic carbocycles. The van der Waals surface area contributed by atoms with E-state index in [2.05, 4.69) is 5.32 Å². The Morgan fingerprint density at radius 3 is 2.00 bits per heavy atom. The van der Waals surface area contributed by atoms with Crippen LogP contribution in [-0.2, 0) is 4.79 Å². The lowest BCUT2D eigenvalue weighted by Gasteiger charge is -2.37. The highest BCUT2D eigenvalue weighted by Gasteiger charge is 2.36. The van der Waals surface area contributed by atoms with Crippen molar-refractivity contribution < 1.29 is 4.79 Å². The number of rotatable bonds is 3. The third kappa shape index (κ3) is 3.94. The van der Waals surface area contributed by atoms with Gasteiger partial charge in [0.15, 0.2) is 0 Å². The van der Waals surface area contributed by atoms with Gasteiger partial charge >= 0.3 is 0 Å². The average molecular weight is 296 g/mol. The first-order valence-corrected chi connectivity index (χ1v) is 8.67. The fourth-order valence-corrected chi connectivity index (χ4v) is 3.90. The van der Waals surface area contributed by atoms with Crippen molar-refractivity contribution in [3.05, 3.63) is 0 Å². The van der Waals surface area contributed by atoms with Crippen LogP contribution in [0.5, 0.6) is 0 Å². The summed E-state index contributed by atoms with van der Waals surface area (Å²) in [4.78, 5) is 13.0. The van der Waals surface area contributed by atoms with E-state index in [1.54, 1.807) is 0 Å². The van der Waals surface area contributed by atoms with Crippen molar-refractivity contribution in [1.82, 2.24) is 5.32 Å². The number of hydrogen-bond acceptors (Lipinski definition) is 2. The number of hydrogen-bond donors (Lipinski definition) is 2. The van der Waals surface area contributed by atoms with Crippen LogP contribution in [0.4, 0.5) is 0 Å². The van der Waals surface area contributed by atoms with Crippen LogP contribution in [0.2, 0.25) is 0 Å². The number of nitrogens with one attached hydrogen (secondary N) is 1. The average Bonchev–Trinajstić information content (AvgIpc) is 2.42. The topological polar surface area (TPSA) is 55.1 Å². The Balaban J connectivity index is 2.02. The highest BCUT2D eigenvalue weighted by molar-refractivity contribution is 7.80. The molecule has 0 unspecified atom stereocenters. The Hall–Kier alpha value is -0.640. The molecule has 114 valence electrons. The minimum Gasteiger partial charge on any atom is -0.391 e. The lowest BCUT2D eigenvalue weighted by atomic mass is 9.82. The lowest BCUT2D eigenvalue weighted by molar-refractivity contribution is -0.127. The van der Waals surface area contributed by atoms with Gasteiger partial charge in [-0.1, -0.05) is 63.6 Å². The second kappa shape index (κ2) is 7.39. The first-order chi connectivity index (χ1) is 9.64. The second-order valence-electron chi connectivity index (χ2n) is 6.54. The van der Waals surface area contributed by atoms with E-state index in [0.717, 1.165) is 38.5 Å². The van der Waals surface area contributed by atoms with E-state index in [1.165, 1.54) is 38.5 Å². The Morgan fingerprint density at radius 2 is 1.45 bits per heavy atom. The van der Waals surface area contributed by atoms with E-state index < -0.39 is 5.54 Å². The maximum absolute atomic E-state index is 12.5. The van der Waals surface area contributed by atoms with Crippen molar-refractivity contribution in [3.63, 3.8) is 0 Å². The SMILES string of the molecule is NC(=S)C1(NC(=O)C2CCCCC2)CCCCCCC1. The van der Waals surface area contributed by atoms with Crippen LogP contribution in [0.3, 0.4) is 0 Å². The van der Waals surface area contributed by atoms with Crippen molar-refractivity contribution >= 4 is 23.1 Å². The summed E-state index contributed by atoms with van der Waals surface area (Å²) in [7, 11) is 0. The number of nitrogens with two attached hydrogens (primary N) is 1. The third-order valence-electron chi connectivity index (χ3n) is 5.02. The summed E-state index contributed by atoms with van der Waals surface area (Å²) in [5.74, 6) is 0.374. The molecule has 0 aliphatic heterocycles. The van der Waals surface area contributed by atoms with Crippen molar-refractivity contribution in [2.75, 3.05) is 0 Å². The minimum absolute atomic E-state index is 0.181. The zero-order chi connectivity index (χ0) is 14.4. The molecule has 20 heavy (non-hydrogen) atoms. The van der Waals surface area contributed by atoms with Gasteiger partial charge < -0.3 is 11.1 Å². The molecule has 0 radical (unpaired) electrons.